The van der Waals surface area contributed by atoms with E-state index in [1.54, 1.807) is 0 Å². The predicted molar refractivity (Wildman–Crippen MR) is 94.9 cm³/mol. The fourth-order valence-corrected chi connectivity index (χ4v) is 2.75. The Morgan fingerprint density at radius 1 is 1.42 bits per heavy atom. The van der Waals surface area contributed by atoms with Crippen LogP contribution in [0.5, 0.6) is 0 Å². The molecule has 0 aliphatic rings. The molecule has 8 heteroatoms. The van der Waals surface area contributed by atoms with Crippen LogP contribution in [0.1, 0.15) is 34.7 Å². The number of hydrogen-bond acceptors (Lipinski definition) is 4. The molecule has 24 heavy (non-hydrogen) atoms. The summed E-state index contributed by atoms with van der Waals surface area (Å²) in [7, 11) is 0. The van der Waals surface area contributed by atoms with Gasteiger partial charge in [0.1, 0.15) is 18.1 Å². The quantitative estimate of drug-likeness (QED) is 0.565. The van der Waals surface area contributed by atoms with Crippen molar-refractivity contribution < 1.29 is 14.7 Å². The Morgan fingerprint density at radius 2 is 2.12 bits per heavy atom. The van der Waals surface area contributed by atoms with Gasteiger partial charge in [0.25, 0.3) is 5.91 Å². The van der Waals surface area contributed by atoms with Gasteiger partial charge >= 0.3 is 5.97 Å². The summed E-state index contributed by atoms with van der Waals surface area (Å²) in [6.07, 6.45) is 2.01. The molecular weight excluding hydrogens is 350 g/mol. The zero-order chi connectivity index (χ0) is 17.7. The summed E-state index contributed by atoms with van der Waals surface area (Å²) in [5, 5.41) is 11.5. The van der Waals surface area contributed by atoms with Gasteiger partial charge in [-0.25, -0.2) is 4.98 Å². The van der Waals surface area contributed by atoms with Crippen LogP contribution in [0.15, 0.2) is 30.5 Å². The first kappa shape index (κ1) is 18.4. The van der Waals surface area contributed by atoms with Crippen molar-refractivity contribution in [1.29, 1.82) is 0 Å². The monoisotopic (exact) mass is 367 g/mol. The summed E-state index contributed by atoms with van der Waals surface area (Å²) in [5.74, 6) is -1.09. The second kappa shape index (κ2) is 8.21. The van der Waals surface area contributed by atoms with E-state index in [0.717, 1.165) is 5.56 Å². The van der Waals surface area contributed by atoms with Crippen molar-refractivity contribution in [3.63, 3.8) is 0 Å². The first-order valence-electron chi connectivity index (χ1n) is 7.35. The number of carboxylic acid groups (broad SMARTS) is 1. The second-order valence-electron chi connectivity index (χ2n) is 5.40. The Kier molecular flexibility index (Phi) is 6.28. The van der Waals surface area contributed by atoms with Crippen molar-refractivity contribution in [1.82, 2.24) is 15.3 Å². The molecule has 1 aromatic heterocycles. The van der Waals surface area contributed by atoms with E-state index in [0.29, 0.717) is 17.3 Å². The van der Waals surface area contributed by atoms with Crippen molar-refractivity contribution in [3.05, 3.63) is 52.6 Å². The number of carboxylic acids is 1. The van der Waals surface area contributed by atoms with Gasteiger partial charge in [-0.15, -0.1) is 0 Å². The number of hydrogen-bond donors (Lipinski definition) is 4. The molecule has 0 bridgehead atoms. The second-order valence-corrected chi connectivity index (χ2v) is 6.62. The molecule has 0 fully saturated rings. The summed E-state index contributed by atoms with van der Waals surface area (Å²) in [5.41, 5.74) is 1.18. The molecule has 2 aromatic rings. The van der Waals surface area contributed by atoms with E-state index in [4.69, 9.17) is 16.7 Å². The van der Waals surface area contributed by atoms with Crippen molar-refractivity contribution in [2.24, 2.45) is 0 Å². The van der Waals surface area contributed by atoms with E-state index >= 15 is 0 Å². The summed E-state index contributed by atoms with van der Waals surface area (Å²) in [6.45, 7) is 1.50. The fraction of sp³-hybridized carbons (Fsp3) is 0.312. The molecule has 6 nitrogen and oxygen atoms in total. The van der Waals surface area contributed by atoms with Crippen LogP contribution in [0.2, 0.25) is 5.02 Å². The summed E-state index contributed by atoms with van der Waals surface area (Å²) < 4.78 is 0. The molecule has 1 amide bonds. The largest absolute Gasteiger partial charge is 0.480 e. The first-order valence-corrected chi connectivity index (χ1v) is 8.24. The number of carbonyl (C=O) groups excluding carboxylic acids is 1. The molecular formula is C16H18ClN3O3S. The number of thiol groups is 1. The van der Waals surface area contributed by atoms with Crippen LogP contribution in [0.25, 0.3) is 0 Å². The Hall–Kier alpha value is -1.99. The van der Waals surface area contributed by atoms with Crippen LogP contribution in [0.3, 0.4) is 0 Å². The van der Waals surface area contributed by atoms with Gasteiger partial charge in [0.15, 0.2) is 0 Å². The number of aromatic nitrogens is 2. The van der Waals surface area contributed by atoms with Gasteiger partial charge in [0.05, 0.1) is 6.20 Å². The van der Waals surface area contributed by atoms with Crippen LogP contribution >= 0.6 is 24.2 Å². The highest BCUT2D eigenvalue weighted by atomic mass is 35.5. The molecule has 0 saturated heterocycles. The number of halogens is 1. The van der Waals surface area contributed by atoms with Gasteiger partial charge in [-0.3, -0.25) is 9.59 Å². The smallest absolute Gasteiger partial charge is 0.322 e. The standard InChI is InChI=1S/C16H18ClN3O3S/c1-9(24)11(6-10-4-2-3-5-12(10)17)15-18-7-13(20-15)16(23)19-8-14(21)22/h2-5,7,9,11,24H,6,8H2,1H3,(H,18,20)(H,19,23)(H,21,22). The third-order valence-electron chi connectivity index (χ3n) is 3.57. The number of nitrogens with zero attached hydrogens (tertiary/aromatic N) is 1. The van der Waals surface area contributed by atoms with Gasteiger partial charge in [-0.1, -0.05) is 36.7 Å². The minimum absolute atomic E-state index is 0.0256. The zero-order valence-corrected chi connectivity index (χ0v) is 14.6. The minimum Gasteiger partial charge on any atom is -0.480 e. The minimum atomic E-state index is -1.11. The van der Waals surface area contributed by atoms with E-state index in [1.165, 1.54) is 6.20 Å². The molecule has 0 aliphatic heterocycles. The Bertz CT molecular complexity index is 733. The number of amides is 1. The Labute approximate surface area is 150 Å². The number of rotatable bonds is 7. The van der Waals surface area contributed by atoms with E-state index < -0.39 is 18.4 Å². The van der Waals surface area contributed by atoms with Crippen molar-refractivity contribution in [2.45, 2.75) is 24.5 Å². The highest BCUT2D eigenvalue weighted by Crippen LogP contribution is 2.28. The van der Waals surface area contributed by atoms with Crippen molar-refractivity contribution >= 4 is 36.1 Å². The summed E-state index contributed by atoms with van der Waals surface area (Å²) >= 11 is 10.7. The molecule has 128 valence electrons. The molecule has 0 radical (unpaired) electrons. The third-order valence-corrected chi connectivity index (χ3v) is 4.30. The molecule has 0 aliphatic carbocycles. The van der Waals surface area contributed by atoms with Crippen LogP contribution < -0.4 is 5.32 Å². The number of aliphatic carboxylic acids is 1. The maximum Gasteiger partial charge on any atom is 0.322 e. The molecule has 3 N–H and O–H groups in total. The van der Waals surface area contributed by atoms with E-state index in [9.17, 15) is 9.59 Å². The predicted octanol–water partition coefficient (Wildman–Crippen LogP) is 2.52. The van der Waals surface area contributed by atoms with Crippen LogP contribution in [-0.2, 0) is 11.2 Å². The lowest BCUT2D eigenvalue weighted by Crippen LogP contribution is -2.29. The first-order chi connectivity index (χ1) is 11.4. The fourth-order valence-electron chi connectivity index (χ4n) is 2.29. The maximum absolute atomic E-state index is 11.9. The van der Waals surface area contributed by atoms with Crippen LogP contribution in [0, 0.1) is 0 Å². The Balaban J connectivity index is 2.16. The van der Waals surface area contributed by atoms with Crippen molar-refractivity contribution in [3.8, 4) is 0 Å². The number of benzene rings is 1. The van der Waals surface area contributed by atoms with Gasteiger partial charge in [0, 0.05) is 16.2 Å². The van der Waals surface area contributed by atoms with Crippen molar-refractivity contribution in [2.75, 3.05) is 6.54 Å². The molecule has 2 atom stereocenters. The zero-order valence-electron chi connectivity index (χ0n) is 13.0. The topological polar surface area (TPSA) is 95.1 Å². The van der Waals surface area contributed by atoms with E-state index in [2.05, 4.69) is 27.9 Å². The maximum atomic E-state index is 11.9. The highest BCUT2D eigenvalue weighted by molar-refractivity contribution is 7.81. The molecule has 1 heterocycles. The molecule has 2 unspecified atom stereocenters. The number of imidazole rings is 1. The van der Waals surface area contributed by atoms with Crippen LogP contribution in [0.4, 0.5) is 0 Å². The normalized spacial score (nSPS) is 13.3. The number of carbonyl (C=O) groups is 2. The summed E-state index contributed by atoms with van der Waals surface area (Å²) in [6, 6.07) is 7.54. The lowest BCUT2D eigenvalue weighted by molar-refractivity contribution is -0.135. The molecule has 0 spiro atoms. The average molecular weight is 368 g/mol. The SMILES string of the molecule is CC(S)C(Cc1ccccc1Cl)c1ncc(C(=O)NCC(=O)O)[nH]1. The summed E-state index contributed by atoms with van der Waals surface area (Å²) in [4.78, 5) is 29.6. The third kappa shape index (κ3) is 4.75. The van der Waals surface area contributed by atoms with Gasteiger partial charge < -0.3 is 15.4 Å². The number of H-pyrrole nitrogens is 1. The van der Waals surface area contributed by atoms with E-state index in [1.807, 2.05) is 31.2 Å². The molecule has 0 saturated carbocycles. The highest BCUT2D eigenvalue weighted by Gasteiger charge is 2.22. The van der Waals surface area contributed by atoms with Gasteiger partial charge in [-0.2, -0.15) is 12.6 Å². The van der Waals surface area contributed by atoms with Gasteiger partial charge in [0.2, 0.25) is 0 Å². The number of aromatic amines is 1. The van der Waals surface area contributed by atoms with Crippen LogP contribution in [-0.4, -0.2) is 38.7 Å². The van der Waals surface area contributed by atoms with Gasteiger partial charge in [-0.05, 0) is 18.1 Å². The van der Waals surface area contributed by atoms with E-state index in [-0.39, 0.29) is 16.9 Å². The average Bonchev–Trinajstić information content (AvgIpc) is 3.01. The lowest BCUT2D eigenvalue weighted by atomic mass is 9.96. The molecule has 1 aromatic carbocycles. The Morgan fingerprint density at radius 3 is 2.75 bits per heavy atom. The molecule has 2 rings (SSSR count). The number of nitrogens with one attached hydrogen (secondary N) is 2. The lowest BCUT2D eigenvalue weighted by Gasteiger charge is -2.18.